The average Bonchev–Trinajstić information content (AvgIpc) is 3.01. The van der Waals surface area contributed by atoms with Crippen LogP contribution in [0, 0.1) is 26.0 Å². The largest absolute Gasteiger partial charge is 0.460 e. The van der Waals surface area contributed by atoms with Crippen LogP contribution in [-0.4, -0.2) is 61.4 Å². The number of nitrogens with zero attached hydrogens (tertiary/aromatic N) is 4. The topological polar surface area (TPSA) is 269 Å². The van der Waals surface area contributed by atoms with Gasteiger partial charge < -0.3 is 31.2 Å². The number of nitro benzene ring substituents is 2. The molecule has 0 aliphatic carbocycles. The van der Waals surface area contributed by atoms with Crippen molar-refractivity contribution in [2.24, 2.45) is 0 Å². The molecule has 0 spiro atoms. The van der Waals surface area contributed by atoms with Gasteiger partial charge in [-0.25, -0.2) is 4.79 Å². The van der Waals surface area contributed by atoms with Gasteiger partial charge in [0.25, 0.3) is 17.2 Å². The normalized spacial score (nSPS) is 12.1. The zero-order valence-electron chi connectivity index (χ0n) is 30.2. The molecule has 2 aromatic carbocycles. The average molecular weight is 743 g/mol. The monoisotopic (exact) mass is 742 g/mol. The van der Waals surface area contributed by atoms with Crippen molar-refractivity contribution in [3.05, 3.63) is 89.5 Å². The molecule has 18 nitrogen and oxygen atoms in total. The number of nitrogen functional groups attached to an aromatic ring is 2. The molecule has 1 atom stereocenters. The van der Waals surface area contributed by atoms with E-state index in [9.17, 15) is 43.8 Å². The van der Waals surface area contributed by atoms with Gasteiger partial charge >= 0.3 is 17.6 Å². The molecule has 53 heavy (non-hydrogen) atoms. The number of rotatable bonds is 15. The summed E-state index contributed by atoms with van der Waals surface area (Å²) in [6, 6.07) is 5.91. The summed E-state index contributed by atoms with van der Waals surface area (Å²) in [6.07, 6.45) is -0.0942. The number of nitrogens with two attached hydrogens (primary N) is 2. The van der Waals surface area contributed by atoms with Crippen molar-refractivity contribution < 1.29 is 38.1 Å². The van der Waals surface area contributed by atoms with Gasteiger partial charge in [-0.1, -0.05) is 12.1 Å². The summed E-state index contributed by atoms with van der Waals surface area (Å²) in [5.41, 5.74) is 7.78. The number of hydrogen-bond acceptors (Lipinski definition) is 14. The number of halogens is 1. The zero-order valence-corrected chi connectivity index (χ0v) is 30.2. The first-order valence-corrected chi connectivity index (χ1v) is 16.4. The van der Waals surface area contributed by atoms with Crippen LogP contribution in [0.25, 0.3) is 0 Å². The number of hydrogen-bond donors (Lipinski definition) is 4. The minimum Gasteiger partial charge on any atom is -0.460 e. The lowest BCUT2D eigenvalue weighted by molar-refractivity contribution is -0.395. The van der Waals surface area contributed by atoms with E-state index in [0.29, 0.717) is 17.7 Å². The van der Waals surface area contributed by atoms with E-state index in [1.807, 2.05) is 0 Å². The van der Waals surface area contributed by atoms with Crippen LogP contribution in [-0.2, 0) is 32.0 Å². The Morgan fingerprint density at radius 3 is 2.13 bits per heavy atom. The molecule has 6 N–H and O–H groups in total. The third-order valence-electron chi connectivity index (χ3n) is 7.34. The van der Waals surface area contributed by atoms with Crippen molar-refractivity contribution in [2.45, 2.75) is 91.0 Å². The molecule has 3 aromatic rings. The Balaban J connectivity index is 1.89. The molecule has 3 rings (SSSR count). The van der Waals surface area contributed by atoms with Crippen LogP contribution in [0.1, 0.15) is 82.3 Å². The smallest absolute Gasteiger partial charge is 0.329 e. The highest BCUT2D eigenvalue weighted by Gasteiger charge is 2.30. The van der Waals surface area contributed by atoms with Gasteiger partial charge in [0.05, 0.1) is 21.5 Å². The second-order valence-corrected chi connectivity index (χ2v) is 14.0. The maximum absolute atomic E-state index is 14.9. The third kappa shape index (κ3) is 12.3. The Labute approximate surface area is 303 Å². The highest BCUT2D eigenvalue weighted by Crippen LogP contribution is 2.35. The number of aromatic nitrogens is 2. The van der Waals surface area contributed by atoms with E-state index in [1.165, 1.54) is 29.2 Å². The number of nitrogens with one attached hydrogen (secondary N) is 2. The van der Waals surface area contributed by atoms with Crippen molar-refractivity contribution in [2.75, 3.05) is 22.9 Å². The number of carbonyl (C=O) groups is 3. The molecule has 0 aliphatic heterocycles. The van der Waals surface area contributed by atoms with E-state index >= 15 is 0 Å². The predicted octanol–water partition coefficient (Wildman–Crippen LogP) is 4.09. The summed E-state index contributed by atoms with van der Waals surface area (Å²) in [4.78, 5) is 80.0. The van der Waals surface area contributed by atoms with Gasteiger partial charge in [-0.15, -0.1) is 0 Å². The van der Waals surface area contributed by atoms with Gasteiger partial charge in [0.1, 0.15) is 28.7 Å². The fraction of sp³-hybridized carbons (Fsp3) is 0.441. The van der Waals surface area contributed by atoms with Crippen LogP contribution in [0.4, 0.5) is 33.2 Å². The standard InChI is InChI=1S/C34H43FN8O10/c1-33(2,3)52-27(44)14-13-23(31(47)53-34(4,5)6)38-29(45)20-11-9-19(10-12-20)18-41(15-7-8-21-28(36)39-32(37)40-30(21)46)25-16-22(35)24(42(48)49)17-26(25)43(50)51/h9-12,16-17,23H,7-8,13-15,18H2,1-6H3,(H,38,45)(H5,36,37,39,40,46)/t23-/m0/s1. The van der Waals surface area contributed by atoms with E-state index in [4.69, 9.17) is 20.9 Å². The molecule has 0 aliphatic rings. The fourth-order valence-electron chi connectivity index (χ4n) is 5.09. The van der Waals surface area contributed by atoms with E-state index in [1.54, 1.807) is 41.5 Å². The number of anilines is 3. The lowest BCUT2D eigenvalue weighted by Crippen LogP contribution is -2.44. The Morgan fingerprint density at radius 2 is 1.58 bits per heavy atom. The lowest BCUT2D eigenvalue weighted by atomic mass is 10.1. The molecular weight excluding hydrogens is 699 g/mol. The number of benzene rings is 2. The first-order chi connectivity index (χ1) is 24.5. The number of nitro groups is 2. The van der Waals surface area contributed by atoms with Gasteiger partial charge in [0.2, 0.25) is 11.8 Å². The summed E-state index contributed by atoms with van der Waals surface area (Å²) < 4.78 is 25.6. The maximum atomic E-state index is 14.9. The Kier molecular flexibility index (Phi) is 13.2. The first-order valence-electron chi connectivity index (χ1n) is 16.4. The number of esters is 2. The van der Waals surface area contributed by atoms with Crippen LogP contribution >= 0.6 is 0 Å². The van der Waals surface area contributed by atoms with Crippen molar-refractivity contribution in [1.82, 2.24) is 15.3 Å². The highest BCUT2D eigenvalue weighted by molar-refractivity contribution is 5.97. The summed E-state index contributed by atoms with van der Waals surface area (Å²) >= 11 is 0. The van der Waals surface area contributed by atoms with Gasteiger partial charge in [-0.2, -0.15) is 9.37 Å². The molecule has 0 saturated carbocycles. The number of aromatic amines is 1. The molecular formula is C34H43FN8O10. The Hall–Kier alpha value is -6.14. The van der Waals surface area contributed by atoms with Gasteiger partial charge in [0.15, 0.2) is 0 Å². The van der Waals surface area contributed by atoms with E-state index in [-0.39, 0.29) is 67.4 Å². The summed E-state index contributed by atoms with van der Waals surface area (Å²) in [6.45, 7) is 9.93. The number of amides is 1. The molecule has 1 amide bonds. The van der Waals surface area contributed by atoms with Crippen LogP contribution in [0.5, 0.6) is 0 Å². The zero-order chi connectivity index (χ0) is 39.8. The molecule has 1 aromatic heterocycles. The number of carbonyl (C=O) groups excluding carboxylic acids is 3. The molecule has 0 bridgehead atoms. The summed E-state index contributed by atoms with van der Waals surface area (Å²) in [5, 5.41) is 26.0. The number of ether oxygens (including phenoxy) is 2. The molecule has 0 radical (unpaired) electrons. The second-order valence-electron chi connectivity index (χ2n) is 14.0. The Bertz CT molecular complexity index is 1920. The van der Waals surface area contributed by atoms with Crippen molar-refractivity contribution >= 4 is 46.7 Å². The highest BCUT2D eigenvalue weighted by atomic mass is 19.1. The molecule has 0 saturated heterocycles. The Morgan fingerprint density at radius 1 is 0.981 bits per heavy atom. The molecule has 1 heterocycles. The van der Waals surface area contributed by atoms with Crippen molar-refractivity contribution in [3.8, 4) is 0 Å². The van der Waals surface area contributed by atoms with Crippen molar-refractivity contribution in [1.29, 1.82) is 0 Å². The second kappa shape index (κ2) is 16.9. The first kappa shape index (κ1) is 41.3. The number of H-pyrrole nitrogens is 1. The summed E-state index contributed by atoms with van der Waals surface area (Å²) in [5.74, 6) is -3.59. The third-order valence-corrected chi connectivity index (χ3v) is 7.34. The van der Waals surface area contributed by atoms with E-state index in [2.05, 4.69) is 15.3 Å². The van der Waals surface area contributed by atoms with E-state index in [0.717, 1.165) is 0 Å². The van der Waals surface area contributed by atoms with Crippen LogP contribution < -0.4 is 27.2 Å². The van der Waals surface area contributed by atoms with Gasteiger partial charge in [-0.05, 0) is 78.5 Å². The molecule has 0 unspecified atom stereocenters. The predicted molar refractivity (Wildman–Crippen MR) is 191 cm³/mol. The van der Waals surface area contributed by atoms with Crippen LogP contribution in [0.3, 0.4) is 0 Å². The van der Waals surface area contributed by atoms with Crippen LogP contribution in [0.2, 0.25) is 0 Å². The van der Waals surface area contributed by atoms with Gasteiger partial charge in [0, 0.05) is 31.1 Å². The minimum absolute atomic E-state index is 0.0290. The van der Waals surface area contributed by atoms with Gasteiger partial charge in [-0.3, -0.25) is 39.6 Å². The summed E-state index contributed by atoms with van der Waals surface area (Å²) in [7, 11) is 0. The van der Waals surface area contributed by atoms with Crippen LogP contribution in [0.15, 0.2) is 41.2 Å². The fourth-order valence-corrected chi connectivity index (χ4v) is 5.09. The molecule has 19 heteroatoms. The lowest BCUT2D eigenvalue weighted by Gasteiger charge is -2.25. The maximum Gasteiger partial charge on any atom is 0.329 e. The van der Waals surface area contributed by atoms with Crippen molar-refractivity contribution in [3.63, 3.8) is 0 Å². The molecule has 0 fully saturated rings. The quantitative estimate of drug-likeness (QED) is 0.0970. The SMILES string of the molecule is CC(C)(C)OC(=O)CC[C@H](NC(=O)c1ccc(CN(CCCc2c(N)nc(N)[nH]c2=O)c2cc(F)c([N+](=O)[O-])cc2[N+](=O)[O-])cc1)C(=O)OC(C)(C)C. The van der Waals surface area contributed by atoms with E-state index < -0.39 is 67.7 Å². The molecule has 286 valence electrons. The minimum atomic E-state index is -1.30.